The molecule has 2 unspecified atom stereocenters. The fraction of sp³-hybridized carbons (Fsp3) is 0.150. The van der Waals surface area contributed by atoms with E-state index in [1.54, 1.807) is 6.20 Å². The molecule has 0 radical (unpaired) electrons. The fourth-order valence-electron chi connectivity index (χ4n) is 6.52. The maximum absolute atomic E-state index is 6.77. The average molecular weight is 562 g/mol. The minimum absolute atomic E-state index is 0.0894. The standard InChI is InChI=1S/C40H39N3/c1-4-27(23-24-41)32-18-10-11-19-33(32)37(43-39(42)29-13-6-5-7-14-29)22-21-28-17-12-20-35-38(28)34-25-30-15-8-9-16-31(30)26-36(34)40(35,2)3/h4-26,37,39,43H,41-42H2,1-3H3/b22-21+,24-23-,27-4+. The van der Waals surface area contributed by atoms with Gasteiger partial charge in [0.05, 0.1) is 12.2 Å². The van der Waals surface area contributed by atoms with E-state index >= 15 is 0 Å². The Balaban J connectivity index is 1.47. The molecule has 0 aromatic heterocycles. The third-order valence-corrected chi connectivity index (χ3v) is 8.78. The van der Waals surface area contributed by atoms with Crippen molar-refractivity contribution in [1.82, 2.24) is 5.32 Å². The molecule has 0 amide bonds. The first-order chi connectivity index (χ1) is 20.9. The van der Waals surface area contributed by atoms with Crippen molar-refractivity contribution >= 4 is 22.4 Å². The van der Waals surface area contributed by atoms with Crippen LogP contribution in [0, 0.1) is 0 Å². The number of nitrogens with two attached hydrogens (primary N) is 2. The van der Waals surface area contributed by atoms with Crippen LogP contribution < -0.4 is 16.8 Å². The smallest absolute Gasteiger partial charge is 0.0817 e. The number of hydrogen-bond donors (Lipinski definition) is 3. The van der Waals surface area contributed by atoms with E-state index < -0.39 is 0 Å². The van der Waals surface area contributed by atoms with E-state index in [0.29, 0.717) is 0 Å². The SMILES string of the molecule is C/C=C(\C=C/N)c1ccccc1C(/C=C/c1cccc2c1-c1cc3ccccc3cc1C2(C)C)NC(N)c1ccccc1. The number of nitrogens with one attached hydrogen (secondary N) is 1. The van der Waals surface area contributed by atoms with E-state index in [2.05, 4.69) is 128 Å². The van der Waals surface area contributed by atoms with Crippen molar-refractivity contribution in [3.05, 3.63) is 167 Å². The molecule has 3 nitrogen and oxygen atoms in total. The van der Waals surface area contributed by atoms with Crippen LogP contribution in [0.2, 0.25) is 0 Å². The van der Waals surface area contributed by atoms with Crippen molar-refractivity contribution in [3.8, 4) is 11.1 Å². The zero-order chi connectivity index (χ0) is 30.0. The molecule has 6 rings (SSSR count). The van der Waals surface area contributed by atoms with Gasteiger partial charge in [0.1, 0.15) is 0 Å². The van der Waals surface area contributed by atoms with Crippen LogP contribution in [0.25, 0.3) is 33.5 Å². The van der Waals surface area contributed by atoms with Crippen LogP contribution in [0.5, 0.6) is 0 Å². The Morgan fingerprint density at radius 1 is 0.791 bits per heavy atom. The molecule has 3 heteroatoms. The molecule has 5 N–H and O–H groups in total. The first kappa shape index (κ1) is 28.4. The highest BCUT2D eigenvalue weighted by Gasteiger charge is 2.36. The highest BCUT2D eigenvalue weighted by atomic mass is 15.0. The van der Waals surface area contributed by atoms with Crippen LogP contribution in [-0.4, -0.2) is 0 Å². The van der Waals surface area contributed by atoms with Gasteiger partial charge in [-0.25, -0.2) is 0 Å². The molecular formula is C40H39N3. The molecule has 5 aromatic rings. The Morgan fingerprint density at radius 2 is 1.49 bits per heavy atom. The summed E-state index contributed by atoms with van der Waals surface area (Å²) < 4.78 is 0. The lowest BCUT2D eigenvalue weighted by molar-refractivity contribution is 0.508. The van der Waals surface area contributed by atoms with Crippen LogP contribution in [0.1, 0.15) is 66.4 Å². The number of hydrogen-bond acceptors (Lipinski definition) is 3. The van der Waals surface area contributed by atoms with Gasteiger partial charge < -0.3 is 11.5 Å². The van der Waals surface area contributed by atoms with Gasteiger partial charge in [-0.1, -0.05) is 129 Å². The van der Waals surface area contributed by atoms with E-state index in [4.69, 9.17) is 11.5 Å². The van der Waals surface area contributed by atoms with Crippen LogP contribution in [0.3, 0.4) is 0 Å². The van der Waals surface area contributed by atoms with Crippen molar-refractivity contribution in [1.29, 1.82) is 0 Å². The van der Waals surface area contributed by atoms with Gasteiger partial charge in [0.25, 0.3) is 0 Å². The molecule has 2 atom stereocenters. The first-order valence-corrected chi connectivity index (χ1v) is 15.0. The summed E-state index contributed by atoms with van der Waals surface area (Å²) in [6.45, 7) is 6.71. The highest BCUT2D eigenvalue weighted by Crippen LogP contribution is 2.51. The molecule has 0 spiro atoms. The van der Waals surface area contributed by atoms with Gasteiger partial charge in [0.2, 0.25) is 0 Å². The summed E-state index contributed by atoms with van der Waals surface area (Å²) in [5, 5.41) is 6.26. The molecule has 1 aliphatic rings. The van der Waals surface area contributed by atoms with E-state index in [1.165, 1.54) is 38.6 Å². The Kier molecular flexibility index (Phi) is 7.86. The van der Waals surface area contributed by atoms with Crippen molar-refractivity contribution in [2.75, 3.05) is 0 Å². The minimum atomic E-state index is -0.351. The van der Waals surface area contributed by atoms with Gasteiger partial charge >= 0.3 is 0 Å². The van der Waals surface area contributed by atoms with Crippen molar-refractivity contribution in [2.24, 2.45) is 11.5 Å². The molecule has 1 aliphatic carbocycles. The van der Waals surface area contributed by atoms with Gasteiger partial charge in [-0.05, 0) is 92.2 Å². The molecule has 43 heavy (non-hydrogen) atoms. The molecule has 0 heterocycles. The zero-order valence-electron chi connectivity index (χ0n) is 25.1. The van der Waals surface area contributed by atoms with Crippen LogP contribution in [0.4, 0.5) is 0 Å². The monoisotopic (exact) mass is 561 g/mol. The minimum Gasteiger partial charge on any atom is -0.405 e. The molecule has 0 saturated carbocycles. The lowest BCUT2D eigenvalue weighted by Crippen LogP contribution is -2.32. The van der Waals surface area contributed by atoms with Gasteiger partial charge in [0, 0.05) is 5.41 Å². The number of allylic oxidation sites excluding steroid dienone is 3. The molecule has 0 bridgehead atoms. The fourth-order valence-corrected chi connectivity index (χ4v) is 6.52. The molecular weight excluding hydrogens is 522 g/mol. The topological polar surface area (TPSA) is 64.1 Å². The van der Waals surface area contributed by atoms with Gasteiger partial charge in [-0.3, -0.25) is 5.32 Å². The largest absolute Gasteiger partial charge is 0.405 e. The number of fused-ring (bicyclic) bond motifs is 4. The Labute approximate surface area is 255 Å². The predicted octanol–water partition coefficient (Wildman–Crippen LogP) is 9.02. The second-order valence-corrected chi connectivity index (χ2v) is 11.7. The quantitative estimate of drug-likeness (QED) is 0.131. The van der Waals surface area contributed by atoms with E-state index in [-0.39, 0.29) is 17.6 Å². The molecule has 0 aliphatic heterocycles. The second kappa shape index (κ2) is 11.9. The lowest BCUT2D eigenvalue weighted by Gasteiger charge is -2.24. The summed E-state index contributed by atoms with van der Waals surface area (Å²) in [6.07, 6.45) is 9.80. The van der Waals surface area contributed by atoms with E-state index in [1.807, 2.05) is 31.2 Å². The summed E-state index contributed by atoms with van der Waals surface area (Å²) in [5.74, 6) is 0. The number of benzene rings is 5. The summed E-state index contributed by atoms with van der Waals surface area (Å²) in [6, 6.07) is 38.6. The average Bonchev–Trinajstić information content (AvgIpc) is 3.27. The van der Waals surface area contributed by atoms with E-state index in [0.717, 1.165) is 22.3 Å². The molecule has 5 aromatic carbocycles. The summed E-state index contributed by atoms with van der Waals surface area (Å²) in [7, 11) is 0. The third kappa shape index (κ3) is 5.34. The van der Waals surface area contributed by atoms with Gasteiger partial charge in [0.15, 0.2) is 0 Å². The Bertz CT molecular complexity index is 1860. The van der Waals surface area contributed by atoms with E-state index in [9.17, 15) is 0 Å². The van der Waals surface area contributed by atoms with Crippen molar-refractivity contribution < 1.29 is 0 Å². The third-order valence-electron chi connectivity index (χ3n) is 8.78. The summed E-state index contributed by atoms with van der Waals surface area (Å²) in [4.78, 5) is 0. The maximum Gasteiger partial charge on any atom is 0.0817 e. The van der Waals surface area contributed by atoms with Crippen LogP contribution in [0.15, 0.2) is 134 Å². The Morgan fingerprint density at radius 3 is 2.23 bits per heavy atom. The number of rotatable bonds is 8. The Hall–Kier alpha value is -4.70. The molecule has 214 valence electrons. The van der Waals surface area contributed by atoms with Gasteiger partial charge in [-0.15, -0.1) is 0 Å². The first-order valence-electron chi connectivity index (χ1n) is 15.0. The van der Waals surface area contributed by atoms with Crippen LogP contribution in [-0.2, 0) is 5.41 Å². The summed E-state index contributed by atoms with van der Waals surface area (Å²) >= 11 is 0. The summed E-state index contributed by atoms with van der Waals surface area (Å²) in [5.41, 5.74) is 23.4. The molecule has 0 fully saturated rings. The molecule has 0 saturated heterocycles. The lowest BCUT2D eigenvalue weighted by atomic mass is 9.81. The maximum atomic E-state index is 6.77. The van der Waals surface area contributed by atoms with Gasteiger partial charge in [-0.2, -0.15) is 0 Å². The van der Waals surface area contributed by atoms with Crippen molar-refractivity contribution in [3.63, 3.8) is 0 Å². The van der Waals surface area contributed by atoms with Crippen LogP contribution >= 0.6 is 0 Å². The highest BCUT2D eigenvalue weighted by molar-refractivity contribution is 5.96. The predicted molar refractivity (Wildman–Crippen MR) is 183 cm³/mol. The normalized spacial score (nSPS) is 15.6. The van der Waals surface area contributed by atoms with Crippen molar-refractivity contribution in [2.45, 2.75) is 38.4 Å². The second-order valence-electron chi connectivity index (χ2n) is 11.7. The zero-order valence-corrected chi connectivity index (χ0v) is 25.1.